The lowest BCUT2D eigenvalue weighted by molar-refractivity contribution is 0.0629. The second-order valence-electron chi connectivity index (χ2n) is 9.23. The second kappa shape index (κ2) is 8.61. The van der Waals surface area contributed by atoms with E-state index in [0.717, 1.165) is 38.8 Å². The van der Waals surface area contributed by atoms with Crippen LogP contribution in [0.25, 0.3) is 5.69 Å². The van der Waals surface area contributed by atoms with Crippen LogP contribution in [0.2, 0.25) is 0 Å². The van der Waals surface area contributed by atoms with Gasteiger partial charge in [0.2, 0.25) is 0 Å². The number of piperidine rings is 1. The number of rotatable bonds is 6. The summed E-state index contributed by atoms with van der Waals surface area (Å²) in [6.07, 6.45) is 6.89. The molecule has 2 fully saturated rings. The molecule has 5 rings (SSSR count). The summed E-state index contributed by atoms with van der Waals surface area (Å²) in [5.41, 5.74) is 0.650. The Bertz CT molecular complexity index is 1140. The summed E-state index contributed by atoms with van der Waals surface area (Å²) in [4.78, 5) is 26.6. The Hall–Kier alpha value is -3.23. The Labute approximate surface area is 192 Å². The highest BCUT2D eigenvalue weighted by molar-refractivity contribution is 5.98. The van der Waals surface area contributed by atoms with Crippen LogP contribution in [0, 0.1) is 12.7 Å². The van der Waals surface area contributed by atoms with Crippen LogP contribution in [0.1, 0.15) is 67.5 Å². The van der Waals surface area contributed by atoms with Gasteiger partial charge in [0.25, 0.3) is 5.91 Å². The van der Waals surface area contributed by atoms with Crippen LogP contribution < -0.4 is 4.90 Å². The Morgan fingerprint density at radius 3 is 2.52 bits per heavy atom. The summed E-state index contributed by atoms with van der Waals surface area (Å²) < 4.78 is 22.0. The average Bonchev–Trinajstić information content (AvgIpc) is 3.33. The molecular weight excluding hydrogens is 423 g/mol. The van der Waals surface area contributed by atoms with Crippen LogP contribution in [0.15, 0.2) is 35.1 Å². The van der Waals surface area contributed by atoms with Crippen molar-refractivity contribution in [2.45, 2.75) is 64.5 Å². The lowest BCUT2D eigenvalue weighted by Crippen LogP contribution is -2.48. The predicted octanol–water partition coefficient (Wildman–Crippen LogP) is 4.10. The Kier molecular flexibility index (Phi) is 5.64. The first-order valence-corrected chi connectivity index (χ1v) is 11.6. The number of hydrogen-bond donors (Lipinski definition) is 0. The van der Waals surface area contributed by atoms with E-state index in [4.69, 9.17) is 4.52 Å². The number of nitrogens with zero attached hydrogens (tertiary/aromatic N) is 6. The highest BCUT2D eigenvalue weighted by atomic mass is 19.1. The molecule has 0 atom stereocenters. The zero-order valence-electron chi connectivity index (χ0n) is 19.2. The molecule has 0 spiro atoms. The molecule has 0 N–H and O–H groups in total. The molecule has 1 aliphatic carbocycles. The Balaban J connectivity index is 1.37. The van der Waals surface area contributed by atoms with Gasteiger partial charge in [-0.25, -0.2) is 9.37 Å². The maximum Gasteiger partial charge on any atom is 0.324 e. The third-order valence-electron chi connectivity index (χ3n) is 6.53. The van der Waals surface area contributed by atoms with Crippen molar-refractivity contribution in [3.8, 4) is 5.69 Å². The minimum Gasteiger partial charge on any atom is -0.332 e. The molecule has 8 nitrogen and oxygen atoms in total. The van der Waals surface area contributed by atoms with Gasteiger partial charge in [-0.2, -0.15) is 4.98 Å². The zero-order chi connectivity index (χ0) is 23.1. The summed E-state index contributed by atoms with van der Waals surface area (Å²) >= 11 is 0. The van der Waals surface area contributed by atoms with Crippen molar-refractivity contribution >= 4 is 11.9 Å². The van der Waals surface area contributed by atoms with Gasteiger partial charge in [0.15, 0.2) is 5.82 Å². The molecule has 2 aliphatic rings. The maximum absolute atomic E-state index is 14.9. The monoisotopic (exact) mass is 452 g/mol. The normalized spacial score (nSPS) is 17.1. The van der Waals surface area contributed by atoms with Crippen molar-refractivity contribution in [2.24, 2.45) is 0 Å². The number of aryl methyl sites for hydroxylation is 1. The average molecular weight is 453 g/mol. The van der Waals surface area contributed by atoms with E-state index in [1.54, 1.807) is 36.0 Å². The van der Waals surface area contributed by atoms with Crippen molar-refractivity contribution in [1.29, 1.82) is 0 Å². The quantitative estimate of drug-likeness (QED) is 0.560. The number of carbonyl (C=O) groups excluding carboxylic acids is 1. The number of aromatic nitrogens is 4. The number of carbonyl (C=O) groups is 1. The van der Waals surface area contributed by atoms with Gasteiger partial charge in [0.1, 0.15) is 11.6 Å². The van der Waals surface area contributed by atoms with E-state index in [0.29, 0.717) is 23.2 Å². The molecule has 2 aromatic heterocycles. The molecule has 3 aromatic rings. The first-order chi connectivity index (χ1) is 15.9. The number of imidazole rings is 1. The molecular formula is C24H29FN6O2. The molecule has 0 bridgehead atoms. The van der Waals surface area contributed by atoms with Crippen molar-refractivity contribution in [3.63, 3.8) is 0 Å². The summed E-state index contributed by atoms with van der Waals surface area (Å²) in [5.74, 6) is 1.02. The molecule has 1 amide bonds. The number of halogens is 1. The van der Waals surface area contributed by atoms with Crippen molar-refractivity contribution in [2.75, 3.05) is 18.0 Å². The van der Waals surface area contributed by atoms with Crippen LogP contribution in [0.4, 0.5) is 10.4 Å². The molecule has 1 saturated carbocycles. The third kappa shape index (κ3) is 4.12. The number of para-hydroxylation sites is 1. The van der Waals surface area contributed by atoms with Gasteiger partial charge in [-0.1, -0.05) is 25.1 Å². The summed E-state index contributed by atoms with van der Waals surface area (Å²) in [6, 6.07) is 5.56. The molecule has 33 heavy (non-hydrogen) atoms. The first kappa shape index (κ1) is 21.6. The number of hydrogen-bond acceptors (Lipinski definition) is 6. The van der Waals surface area contributed by atoms with E-state index in [9.17, 15) is 9.18 Å². The van der Waals surface area contributed by atoms with E-state index >= 15 is 0 Å². The lowest BCUT2D eigenvalue weighted by atomic mass is 10.0. The zero-order valence-corrected chi connectivity index (χ0v) is 19.2. The van der Waals surface area contributed by atoms with Crippen molar-refractivity contribution in [1.82, 2.24) is 24.6 Å². The Morgan fingerprint density at radius 1 is 1.18 bits per heavy atom. The van der Waals surface area contributed by atoms with Crippen LogP contribution in [0.5, 0.6) is 0 Å². The predicted molar refractivity (Wildman–Crippen MR) is 121 cm³/mol. The van der Waals surface area contributed by atoms with Crippen LogP contribution in [0.3, 0.4) is 0 Å². The van der Waals surface area contributed by atoms with Crippen LogP contribution in [-0.4, -0.2) is 55.7 Å². The number of anilines is 1. The SMILES string of the molecule is Cc1nccn1-c1c(F)cccc1C(=O)N(C1CC1)C1CCN(c2nc(C(C)C)no2)CC1. The largest absolute Gasteiger partial charge is 0.332 e. The van der Waals surface area contributed by atoms with Crippen molar-refractivity contribution < 1.29 is 13.7 Å². The number of benzene rings is 1. The van der Waals surface area contributed by atoms with Gasteiger partial charge in [-0.3, -0.25) is 4.79 Å². The van der Waals surface area contributed by atoms with E-state index in [1.165, 1.54) is 6.07 Å². The van der Waals surface area contributed by atoms with Crippen molar-refractivity contribution in [3.05, 3.63) is 53.6 Å². The third-order valence-corrected chi connectivity index (χ3v) is 6.53. The smallest absolute Gasteiger partial charge is 0.324 e. The van der Waals surface area contributed by atoms with Gasteiger partial charge < -0.3 is 18.9 Å². The van der Waals surface area contributed by atoms with Gasteiger partial charge in [0, 0.05) is 43.5 Å². The van der Waals surface area contributed by atoms with E-state index in [1.807, 2.05) is 18.7 Å². The van der Waals surface area contributed by atoms with Crippen LogP contribution in [-0.2, 0) is 0 Å². The van der Waals surface area contributed by atoms with E-state index in [2.05, 4.69) is 20.0 Å². The fourth-order valence-corrected chi connectivity index (χ4v) is 4.59. The molecule has 0 unspecified atom stereocenters. The summed E-state index contributed by atoms with van der Waals surface area (Å²) in [6.45, 7) is 7.34. The molecule has 174 valence electrons. The number of amides is 1. The molecule has 1 aromatic carbocycles. The van der Waals surface area contributed by atoms with Gasteiger partial charge in [0.05, 0.1) is 11.3 Å². The van der Waals surface area contributed by atoms with Gasteiger partial charge in [-0.05, 0) is 44.7 Å². The first-order valence-electron chi connectivity index (χ1n) is 11.6. The second-order valence-corrected chi connectivity index (χ2v) is 9.23. The van der Waals surface area contributed by atoms with Gasteiger partial charge >= 0.3 is 6.01 Å². The lowest BCUT2D eigenvalue weighted by Gasteiger charge is -2.38. The summed E-state index contributed by atoms with van der Waals surface area (Å²) in [5, 5.41) is 4.07. The maximum atomic E-state index is 14.9. The molecule has 9 heteroatoms. The van der Waals surface area contributed by atoms with Gasteiger partial charge in [-0.15, -0.1) is 0 Å². The standard InChI is InChI=1S/C24H29FN6O2/c1-15(2)22-27-24(33-28-22)29-12-9-18(10-13-29)31(17-7-8-17)23(32)19-5-4-6-20(25)21(19)30-14-11-26-16(30)3/h4-6,11,14-15,17-18H,7-10,12-13H2,1-3H3. The topological polar surface area (TPSA) is 80.3 Å². The minimum atomic E-state index is -0.426. The fraction of sp³-hybridized carbons (Fsp3) is 0.500. The molecule has 1 saturated heterocycles. The minimum absolute atomic E-state index is 0.0914. The highest BCUT2D eigenvalue weighted by Gasteiger charge is 2.40. The fourth-order valence-electron chi connectivity index (χ4n) is 4.59. The molecule has 0 radical (unpaired) electrons. The molecule has 1 aliphatic heterocycles. The van der Waals surface area contributed by atoms with E-state index < -0.39 is 5.82 Å². The summed E-state index contributed by atoms with van der Waals surface area (Å²) in [7, 11) is 0. The molecule has 3 heterocycles. The highest BCUT2D eigenvalue weighted by Crippen LogP contribution is 2.35. The van der Waals surface area contributed by atoms with Crippen LogP contribution >= 0.6 is 0 Å². The van der Waals surface area contributed by atoms with E-state index in [-0.39, 0.29) is 29.6 Å². The Morgan fingerprint density at radius 2 is 1.91 bits per heavy atom.